The first-order valence-electron chi connectivity index (χ1n) is 5.17. The Labute approximate surface area is 100.0 Å². The average molecular weight is 234 g/mol. The number of nitrogens with zero attached hydrogens (tertiary/aromatic N) is 3. The largest absolute Gasteiger partial charge is 0.351 e. The monoisotopic (exact) mass is 233 g/mol. The summed E-state index contributed by atoms with van der Waals surface area (Å²) in [5, 5.41) is 9.35. The molecule has 0 aliphatic carbocycles. The van der Waals surface area contributed by atoms with Crippen LogP contribution < -0.4 is 4.90 Å². The highest BCUT2D eigenvalue weighted by Crippen LogP contribution is 2.28. The smallest absolute Gasteiger partial charge is 0.148 e. The maximum Gasteiger partial charge on any atom is 0.148 e. The molecule has 0 fully saturated rings. The fourth-order valence-corrected chi connectivity index (χ4v) is 1.98. The maximum atomic E-state index is 8.89. The molecule has 1 aliphatic heterocycles. The standard InChI is InChI=1S/C12H12ClN3/c1-9-3-6-16(7-4-9)12-11(13)10(8-14)2-5-15-12/h2-3,5H,4,6-7H2,1H3. The zero-order valence-corrected chi connectivity index (χ0v) is 9.83. The Kier molecular flexibility index (Phi) is 3.12. The van der Waals surface area contributed by atoms with Crippen molar-refractivity contribution in [2.45, 2.75) is 13.3 Å². The van der Waals surface area contributed by atoms with E-state index in [9.17, 15) is 0 Å². The van der Waals surface area contributed by atoms with Crippen LogP contribution >= 0.6 is 11.6 Å². The van der Waals surface area contributed by atoms with Gasteiger partial charge in [-0.25, -0.2) is 4.98 Å². The van der Waals surface area contributed by atoms with Crippen molar-refractivity contribution in [2.24, 2.45) is 0 Å². The van der Waals surface area contributed by atoms with E-state index >= 15 is 0 Å². The van der Waals surface area contributed by atoms with E-state index in [1.165, 1.54) is 5.57 Å². The minimum absolute atomic E-state index is 0.456. The van der Waals surface area contributed by atoms with Gasteiger partial charge in [0.25, 0.3) is 0 Å². The first-order valence-corrected chi connectivity index (χ1v) is 5.55. The van der Waals surface area contributed by atoms with Crippen molar-refractivity contribution >= 4 is 17.4 Å². The van der Waals surface area contributed by atoms with Gasteiger partial charge in [0.1, 0.15) is 16.9 Å². The van der Waals surface area contributed by atoms with Gasteiger partial charge in [-0.05, 0) is 19.4 Å². The van der Waals surface area contributed by atoms with E-state index in [-0.39, 0.29) is 0 Å². The SMILES string of the molecule is CC1=CCN(c2nccc(C#N)c2Cl)CC1. The van der Waals surface area contributed by atoms with Crippen LogP contribution in [0.5, 0.6) is 0 Å². The van der Waals surface area contributed by atoms with Gasteiger partial charge in [0, 0.05) is 19.3 Å². The molecule has 0 saturated carbocycles. The molecule has 0 unspecified atom stereocenters. The molecular formula is C12H12ClN3. The van der Waals surface area contributed by atoms with Crippen molar-refractivity contribution in [1.29, 1.82) is 5.26 Å². The number of hydrogen-bond donors (Lipinski definition) is 0. The molecule has 0 atom stereocenters. The summed E-state index contributed by atoms with van der Waals surface area (Å²) in [4.78, 5) is 6.34. The molecule has 0 radical (unpaired) electrons. The van der Waals surface area contributed by atoms with E-state index in [0.29, 0.717) is 16.4 Å². The fraction of sp³-hybridized carbons (Fsp3) is 0.333. The van der Waals surface area contributed by atoms with E-state index in [2.05, 4.69) is 29.0 Å². The maximum absolute atomic E-state index is 8.89. The van der Waals surface area contributed by atoms with Gasteiger partial charge in [0.2, 0.25) is 0 Å². The van der Waals surface area contributed by atoms with E-state index in [4.69, 9.17) is 16.9 Å². The van der Waals surface area contributed by atoms with Crippen molar-refractivity contribution in [3.05, 3.63) is 34.5 Å². The Bertz CT molecular complexity index is 474. The molecule has 1 aliphatic rings. The van der Waals surface area contributed by atoms with Crippen molar-refractivity contribution in [3.63, 3.8) is 0 Å². The quantitative estimate of drug-likeness (QED) is 0.701. The predicted molar refractivity (Wildman–Crippen MR) is 64.5 cm³/mol. The van der Waals surface area contributed by atoms with Crippen LogP contribution in [0, 0.1) is 11.3 Å². The lowest BCUT2D eigenvalue weighted by Gasteiger charge is -2.27. The molecule has 2 heterocycles. The van der Waals surface area contributed by atoms with Crippen LogP contribution in [0.25, 0.3) is 0 Å². The second-order valence-corrected chi connectivity index (χ2v) is 4.23. The summed E-state index contributed by atoms with van der Waals surface area (Å²) < 4.78 is 0. The summed E-state index contributed by atoms with van der Waals surface area (Å²) in [6, 6.07) is 3.71. The van der Waals surface area contributed by atoms with Crippen LogP contribution in [0.15, 0.2) is 23.9 Å². The lowest BCUT2D eigenvalue weighted by atomic mass is 10.1. The summed E-state index contributed by atoms with van der Waals surface area (Å²) >= 11 is 6.13. The molecular weight excluding hydrogens is 222 g/mol. The minimum Gasteiger partial charge on any atom is -0.351 e. The highest BCUT2D eigenvalue weighted by Gasteiger charge is 2.16. The van der Waals surface area contributed by atoms with Crippen LogP contribution in [0.3, 0.4) is 0 Å². The van der Waals surface area contributed by atoms with Crippen molar-refractivity contribution in [3.8, 4) is 6.07 Å². The average Bonchev–Trinajstić information content (AvgIpc) is 2.31. The van der Waals surface area contributed by atoms with Gasteiger partial charge in [-0.2, -0.15) is 5.26 Å². The number of aromatic nitrogens is 1. The molecule has 82 valence electrons. The molecule has 0 aromatic carbocycles. The van der Waals surface area contributed by atoms with Gasteiger partial charge in [-0.15, -0.1) is 0 Å². The number of hydrogen-bond acceptors (Lipinski definition) is 3. The Morgan fingerprint density at radius 3 is 3.00 bits per heavy atom. The van der Waals surface area contributed by atoms with Crippen LogP contribution in [0.2, 0.25) is 5.02 Å². The molecule has 0 spiro atoms. The fourth-order valence-electron chi connectivity index (χ4n) is 1.70. The van der Waals surface area contributed by atoms with Gasteiger partial charge < -0.3 is 4.90 Å². The number of halogens is 1. The summed E-state index contributed by atoms with van der Waals surface area (Å²) in [6.45, 7) is 3.84. The third-order valence-electron chi connectivity index (χ3n) is 2.73. The molecule has 1 aromatic rings. The molecule has 2 rings (SSSR count). The van der Waals surface area contributed by atoms with Gasteiger partial charge >= 0.3 is 0 Å². The molecule has 3 nitrogen and oxygen atoms in total. The van der Waals surface area contributed by atoms with Crippen LogP contribution in [-0.4, -0.2) is 18.1 Å². The topological polar surface area (TPSA) is 39.9 Å². The minimum atomic E-state index is 0.456. The number of nitriles is 1. The molecule has 0 N–H and O–H groups in total. The van der Waals surface area contributed by atoms with Crippen molar-refractivity contribution < 1.29 is 0 Å². The normalized spacial score (nSPS) is 15.6. The first-order chi connectivity index (χ1) is 7.72. The van der Waals surface area contributed by atoms with Gasteiger partial charge in [0.15, 0.2) is 0 Å². The zero-order chi connectivity index (χ0) is 11.5. The second kappa shape index (κ2) is 4.54. The lowest BCUT2D eigenvalue weighted by Crippen LogP contribution is -2.29. The first kappa shape index (κ1) is 11.0. The Balaban J connectivity index is 2.32. The summed E-state index contributed by atoms with van der Waals surface area (Å²) in [6.07, 6.45) is 4.82. The molecule has 0 amide bonds. The number of rotatable bonds is 1. The summed E-state index contributed by atoms with van der Waals surface area (Å²) in [7, 11) is 0. The van der Waals surface area contributed by atoms with Crippen LogP contribution in [-0.2, 0) is 0 Å². The Morgan fingerprint density at radius 1 is 1.56 bits per heavy atom. The Morgan fingerprint density at radius 2 is 2.38 bits per heavy atom. The summed E-state index contributed by atoms with van der Waals surface area (Å²) in [5.41, 5.74) is 1.88. The van der Waals surface area contributed by atoms with Crippen molar-refractivity contribution in [1.82, 2.24) is 4.98 Å². The van der Waals surface area contributed by atoms with E-state index in [0.717, 1.165) is 19.5 Å². The molecule has 16 heavy (non-hydrogen) atoms. The lowest BCUT2D eigenvalue weighted by molar-refractivity contribution is 0.775. The third-order valence-corrected chi connectivity index (χ3v) is 3.10. The predicted octanol–water partition coefficient (Wildman–Crippen LogP) is 2.76. The number of pyridine rings is 1. The van der Waals surface area contributed by atoms with E-state index in [1.807, 2.05) is 0 Å². The molecule has 1 aromatic heterocycles. The molecule has 0 saturated heterocycles. The van der Waals surface area contributed by atoms with Gasteiger partial charge in [-0.1, -0.05) is 23.3 Å². The van der Waals surface area contributed by atoms with Crippen molar-refractivity contribution in [2.75, 3.05) is 18.0 Å². The highest BCUT2D eigenvalue weighted by molar-refractivity contribution is 6.34. The van der Waals surface area contributed by atoms with E-state index in [1.54, 1.807) is 12.3 Å². The molecule has 0 bridgehead atoms. The highest BCUT2D eigenvalue weighted by atomic mass is 35.5. The Hall–Kier alpha value is -1.53. The van der Waals surface area contributed by atoms with E-state index < -0.39 is 0 Å². The van der Waals surface area contributed by atoms with Gasteiger partial charge in [-0.3, -0.25) is 0 Å². The number of anilines is 1. The second-order valence-electron chi connectivity index (χ2n) is 3.85. The van der Waals surface area contributed by atoms with Crippen LogP contribution in [0.4, 0.5) is 5.82 Å². The summed E-state index contributed by atoms with van der Waals surface area (Å²) in [5.74, 6) is 0.712. The van der Waals surface area contributed by atoms with Crippen LogP contribution in [0.1, 0.15) is 18.9 Å². The third kappa shape index (κ3) is 2.02. The van der Waals surface area contributed by atoms with Gasteiger partial charge in [0.05, 0.1) is 5.56 Å². The zero-order valence-electron chi connectivity index (χ0n) is 9.07. The molecule has 4 heteroatoms.